The van der Waals surface area contributed by atoms with Crippen LogP contribution in [0.3, 0.4) is 0 Å². The molecule has 0 aliphatic heterocycles. The third-order valence-corrected chi connectivity index (χ3v) is 4.79. The molecule has 1 aromatic heterocycles. The van der Waals surface area contributed by atoms with Crippen molar-refractivity contribution in [1.29, 1.82) is 0 Å². The highest BCUT2D eigenvalue weighted by Gasteiger charge is 2.10. The monoisotopic (exact) mass is 387 g/mol. The van der Waals surface area contributed by atoms with Gasteiger partial charge < -0.3 is 10.3 Å². The van der Waals surface area contributed by atoms with Crippen LogP contribution in [-0.2, 0) is 10.5 Å². The lowest BCUT2D eigenvalue weighted by molar-refractivity contribution is -0.113. The minimum atomic E-state index is -0.606. The third kappa shape index (κ3) is 5.85. The average Bonchev–Trinajstić information content (AvgIpc) is 2.53. The Hall–Kier alpha value is -1.51. The van der Waals surface area contributed by atoms with E-state index in [1.54, 1.807) is 11.8 Å². The van der Waals surface area contributed by atoms with Gasteiger partial charge in [0.25, 0.3) is 5.56 Å². The first-order valence-corrected chi connectivity index (χ1v) is 9.55. The smallest absolute Gasteiger partial charge is 0.251 e. The number of carbonyl (C=O) groups is 1. The van der Waals surface area contributed by atoms with Crippen molar-refractivity contribution in [2.75, 3.05) is 16.8 Å². The van der Waals surface area contributed by atoms with Crippen LogP contribution in [0.25, 0.3) is 0 Å². The maximum Gasteiger partial charge on any atom is 0.251 e. The zero-order valence-corrected chi connectivity index (χ0v) is 15.2. The molecule has 0 unspecified atom stereocenters. The Bertz CT molecular complexity index is 786. The zero-order chi connectivity index (χ0) is 17.5. The topological polar surface area (TPSA) is 74.8 Å². The maximum atomic E-state index is 13.6. The maximum absolute atomic E-state index is 13.6. The Balaban J connectivity index is 1.96. The highest BCUT2D eigenvalue weighted by Crippen LogP contribution is 2.20. The fourth-order valence-electron chi connectivity index (χ4n) is 1.74. The molecule has 5 nitrogen and oxygen atoms in total. The summed E-state index contributed by atoms with van der Waals surface area (Å²) in [5.74, 6) is 0.542. The van der Waals surface area contributed by atoms with E-state index >= 15 is 0 Å². The number of nitrogens with zero attached hydrogens (tertiary/aromatic N) is 1. The third-order valence-electron chi connectivity index (χ3n) is 2.77. The molecule has 0 bridgehead atoms. The standard InChI is InChI=1S/C15H15ClFN3O2S2/c1-2-23-7-10-6-13(21)20-15(18-10)24-8-14(22)19-12-4-3-9(16)5-11(12)17/h3-6H,2,7-8H2,1H3,(H,19,22)(H,18,20,21). The number of anilines is 1. The second-order valence-corrected chi connectivity index (χ2v) is 7.31. The van der Waals surface area contributed by atoms with Gasteiger partial charge in [-0.2, -0.15) is 11.8 Å². The summed E-state index contributed by atoms with van der Waals surface area (Å²) in [5, 5.41) is 3.07. The van der Waals surface area contributed by atoms with Gasteiger partial charge in [0, 0.05) is 16.8 Å². The molecule has 128 valence electrons. The summed E-state index contributed by atoms with van der Waals surface area (Å²) < 4.78 is 13.6. The lowest BCUT2D eigenvalue weighted by Gasteiger charge is -2.07. The summed E-state index contributed by atoms with van der Waals surface area (Å²) in [6.07, 6.45) is 0. The Labute approximate surface area is 151 Å². The second-order valence-electron chi connectivity index (χ2n) is 4.64. The van der Waals surface area contributed by atoms with Gasteiger partial charge in [-0.1, -0.05) is 30.3 Å². The van der Waals surface area contributed by atoms with Crippen molar-refractivity contribution >= 4 is 46.7 Å². The van der Waals surface area contributed by atoms with E-state index < -0.39 is 11.7 Å². The van der Waals surface area contributed by atoms with E-state index in [2.05, 4.69) is 15.3 Å². The highest BCUT2D eigenvalue weighted by atomic mass is 35.5. The molecule has 1 aromatic carbocycles. The molecule has 0 aliphatic rings. The van der Waals surface area contributed by atoms with Gasteiger partial charge in [0.05, 0.1) is 17.1 Å². The fraction of sp³-hybridized carbons (Fsp3) is 0.267. The number of aromatic amines is 1. The Kier molecular flexibility index (Phi) is 7.14. The molecule has 24 heavy (non-hydrogen) atoms. The number of benzene rings is 1. The van der Waals surface area contributed by atoms with Crippen LogP contribution in [0.2, 0.25) is 5.02 Å². The SMILES string of the molecule is CCSCc1cc(=O)[nH]c(SCC(=O)Nc2ccc(Cl)cc2F)n1. The van der Waals surface area contributed by atoms with Crippen molar-refractivity contribution in [2.24, 2.45) is 0 Å². The zero-order valence-electron chi connectivity index (χ0n) is 12.8. The van der Waals surface area contributed by atoms with Gasteiger partial charge in [-0.15, -0.1) is 0 Å². The van der Waals surface area contributed by atoms with Gasteiger partial charge in [-0.05, 0) is 24.0 Å². The van der Waals surface area contributed by atoms with E-state index in [0.29, 0.717) is 16.6 Å². The van der Waals surface area contributed by atoms with Crippen LogP contribution in [0.5, 0.6) is 0 Å². The molecule has 2 aromatic rings. The predicted octanol–water partition coefficient (Wildman–Crippen LogP) is 3.55. The Morgan fingerprint density at radius 1 is 1.42 bits per heavy atom. The number of H-pyrrole nitrogens is 1. The van der Waals surface area contributed by atoms with Crippen molar-refractivity contribution in [3.8, 4) is 0 Å². The quantitative estimate of drug-likeness (QED) is 0.561. The molecule has 0 aliphatic carbocycles. The number of carbonyl (C=O) groups excluding carboxylic acids is 1. The number of hydrogen-bond acceptors (Lipinski definition) is 5. The van der Waals surface area contributed by atoms with E-state index in [9.17, 15) is 14.0 Å². The normalized spacial score (nSPS) is 10.6. The minimum absolute atomic E-state index is 0.00458. The molecule has 2 rings (SSSR count). The lowest BCUT2D eigenvalue weighted by atomic mass is 10.3. The van der Waals surface area contributed by atoms with Gasteiger partial charge in [0.1, 0.15) is 5.82 Å². The van der Waals surface area contributed by atoms with Crippen molar-refractivity contribution in [3.05, 3.63) is 51.2 Å². The molecule has 2 N–H and O–H groups in total. The molecule has 0 saturated carbocycles. The average molecular weight is 388 g/mol. The summed E-state index contributed by atoms with van der Waals surface area (Å²) in [6.45, 7) is 2.02. The minimum Gasteiger partial charge on any atom is -0.323 e. The molecule has 0 spiro atoms. The number of hydrogen-bond donors (Lipinski definition) is 2. The van der Waals surface area contributed by atoms with E-state index in [1.807, 2.05) is 6.92 Å². The van der Waals surface area contributed by atoms with E-state index in [1.165, 1.54) is 18.2 Å². The number of amides is 1. The van der Waals surface area contributed by atoms with Crippen molar-refractivity contribution in [1.82, 2.24) is 9.97 Å². The molecule has 0 atom stereocenters. The van der Waals surface area contributed by atoms with Gasteiger partial charge in [0.2, 0.25) is 5.91 Å². The largest absolute Gasteiger partial charge is 0.323 e. The number of nitrogens with one attached hydrogen (secondary N) is 2. The van der Waals surface area contributed by atoms with Gasteiger partial charge in [-0.25, -0.2) is 9.37 Å². The molecule has 1 amide bonds. The molecule has 0 saturated heterocycles. The Morgan fingerprint density at radius 2 is 2.21 bits per heavy atom. The summed E-state index contributed by atoms with van der Waals surface area (Å²) in [7, 11) is 0. The predicted molar refractivity (Wildman–Crippen MR) is 97.5 cm³/mol. The van der Waals surface area contributed by atoms with Crippen molar-refractivity contribution < 1.29 is 9.18 Å². The van der Waals surface area contributed by atoms with Crippen LogP contribution in [-0.4, -0.2) is 27.4 Å². The van der Waals surface area contributed by atoms with E-state index in [4.69, 9.17) is 11.6 Å². The molecule has 0 radical (unpaired) electrons. The van der Waals surface area contributed by atoms with Crippen LogP contribution < -0.4 is 10.9 Å². The van der Waals surface area contributed by atoms with E-state index in [-0.39, 0.29) is 22.0 Å². The fourth-order valence-corrected chi connectivity index (χ4v) is 3.16. The first-order valence-electron chi connectivity index (χ1n) is 7.03. The van der Waals surface area contributed by atoms with Gasteiger partial charge >= 0.3 is 0 Å². The summed E-state index contributed by atoms with van der Waals surface area (Å²) in [5.41, 5.74) is 0.458. The van der Waals surface area contributed by atoms with Gasteiger partial charge in [-0.3, -0.25) is 9.59 Å². The molecule has 9 heteroatoms. The number of thioether (sulfide) groups is 2. The van der Waals surface area contributed by atoms with Crippen LogP contribution >= 0.6 is 35.1 Å². The number of halogens is 2. The first-order chi connectivity index (χ1) is 11.5. The Morgan fingerprint density at radius 3 is 2.92 bits per heavy atom. The van der Waals surface area contributed by atoms with Crippen LogP contribution in [0.4, 0.5) is 10.1 Å². The molecular weight excluding hydrogens is 373 g/mol. The van der Waals surface area contributed by atoms with Crippen LogP contribution in [0, 0.1) is 5.82 Å². The number of rotatable bonds is 7. The number of aromatic nitrogens is 2. The van der Waals surface area contributed by atoms with E-state index in [0.717, 1.165) is 23.6 Å². The van der Waals surface area contributed by atoms with Crippen molar-refractivity contribution in [2.45, 2.75) is 17.8 Å². The first kappa shape index (κ1) is 18.8. The summed E-state index contributed by atoms with van der Waals surface area (Å²) in [6, 6.07) is 5.44. The van der Waals surface area contributed by atoms with Crippen molar-refractivity contribution in [3.63, 3.8) is 0 Å². The van der Waals surface area contributed by atoms with Crippen LogP contribution in [0.1, 0.15) is 12.6 Å². The van der Waals surface area contributed by atoms with Crippen LogP contribution in [0.15, 0.2) is 34.2 Å². The molecular formula is C15H15ClFN3O2S2. The highest BCUT2D eigenvalue weighted by molar-refractivity contribution is 7.99. The summed E-state index contributed by atoms with van der Waals surface area (Å²) in [4.78, 5) is 30.4. The molecule has 1 heterocycles. The second kappa shape index (κ2) is 9.10. The lowest BCUT2D eigenvalue weighted by Crippen LogP contribution is -2.16. The van der Waals surface area contributed by atoms with Gasteiger partial charge in [0.15, 0.2) is 5.16 Å². The molecule has 0 fully saturated rings. The summed E-state index contributed by atoms with van der Waals surface area (Å²) >= 11 is 8.39.